The second kappa shape index (κ2) is 8.60. The third-order valence-electron chi connectivity index (χ3n) is 7.05. The molecule has 0 aliphatic carbocycles. The lowest BCUT2D eigenvalue weighted by Gasteiger charge is -2.29. The van der Waals surface area contributed by atoms with Crippen molar-refractivity contribution in [2.24, 2.45) is 5.92 Å². The Morgan fingerprint density at radius 1 is 1.24 bits per heavy atom. The number of hydrogen-bond acceptors (Lipinski definition) is 4. The number of hydrogen-bond donors (Lipinski definition) is 1. The summed E-state index contributed by atoms with van der Waals surface area (Å²) in [4.78, 5) is 14.6. The van der Waals surface area contributed by atoms with E-state index in [4.69, 9.17) is 9.47 Å². The number of aryl methyl sites for hydroxylation is 1. The quantitative estimate of drug-likeness (QED) is 0.612. The highest BCUT2D eigenvalue weighted by Crippen LogP contribution is 2.39. The summed E-state index contributed by atoms with van der Waals surface area (Å²) < 4.78 is 13.6. The van der Waals surface area contributed by atoms with Gasteiger partial charge < -0.3 is 24.0 Å². The van der Waals surface area contributed by atoms with E-state index in [0.717, 1.165) is 60.6 Å². The van der Waals surface area contributed by atoms with Crippen molar-refractivity contribution in [3.63, 3.8) is 0 Å². The van der Waals surface area contributed by atoms with E-state index in [1.54, 1.807) is 19.3 Å². The minimum absolute atomic E-state index is 0.0544. The molecule has 0 radical (unpaired) electrons. The molecule has 0 bridgehead atoms. The van der Waals surface area contributed by atoms with Crippen LogP contribution in [-0.2, 0) is 13.1 Å². The summed E-state index contributed by atoms with van der Waals surface area (Å²) in [5.74, 6) is 1.97. The fourth-order valence-electron chi connectivity index (χ4n) is 5.00. The van der Waals surface area contributed by atoms with Crippen LogP contribution in [0.1, 0.15) is 48.2 Å². The number of carbonyl (C=O) groups is 1. The molecule has 1 N–H and O–H groups in total. The number of ether oxygens (including phenoxy) is 2. The third-order valence-corrected chi connectivity index (χ3v) is 7.05. The van der Waals surface area contributed by atoms with Gasteiger partial charge in [-0.25, -0.2) is 0 Å². The number of allylic oxidation sites excluding steroid dienone is 1. The largest absolute Gasteiger partial charge is 0.872 e. The van der Waals surface area contributed by atoms with Crippen LogP contribution in [0.4, 0.5) is 0 Å². The SMILES string of the molecule is CCn1cc(/C=C2\Oc3c(ccc([O-])c3C[NH+]3CCC(C)CC3)C2=O)c2cc(OC)ccc21. The highest BCUT2D eigenvalue weighted by molar-refractivity contribution is 6.15. The lowest BCUT2D eigenvalue weighted by Crippen LogP contribution is -3.11. The number of likely N-dealkylation sites (tertiary alicyclic amines) is 1. The molecule has 0 atom stereocenters. The Kier molecular flexibility index (Phi) is 5.62. The van der Waals surface area contributed by atoms with E-state index in [-0.39, 0.29) is 17.3 Å². The van der Waals surface area contributed by atoms with Crippen molar-refractivity contribution in [2.45, 2.75) is 39.8 Å². The molecule has 6 heteroatoms. The molecule has 0 amide bonds. The van der Waals surface area contributed by atoms with Crippen molar-refractivity contribution < 1.29 is 24.3 Å². The zero-order chi connectivity index (χ0) is 23.1. The average Bonchev–Trinajstić information content (AvgIpc) is 3.34. The molecular formula is C27H30N2O4. The maximum atomic E-state index is 13.2. The maximum absolute atomic E-state index is 13.2. The molecule has 3 heterocycles. The minimum Gasteiger partial charge on any atom is -0.872 e. The van der Waals surface area contributed by atoms with Gasteiger partial charge in [-0.3, -0.25) is 4.79 Å². The van der Waals surface area contributed by atoms with Crippen molar-refractivity contribution in [1.82, 2.24) is 4.57 Å². The number of nitrogens with one attached hydrogen (secondary N) is 1. The van der Waals surface area contributed by atoms with Crippen molar-refractivity contribution in [2.75, 3.05) is 20.2 Å². The van der Waals surface area contributed by atoms with E-state index in [9.17, 15) is 9.90 Å². The molecule has 0 saturated carbocycles. The fourth-order valence-corrected chi connectivity index (χ4v) is 5.00. The number of methoxy groups -OCH3 is 1. The first-order chi connectivity index (χ1) is 16.0. The minimum atomic E-state index is -0.172. The molecule has 2 aliphatic rings. The number of rotatable bonds is 5. The monoisotopic (exact) mass is 446 g/mol. The molecule has 5 rings (SSSR count). The Morgan fingerprint density at radius 3 is 2.76 bits per heavy atom. The zero-order valence-electron chi connectivity index (χ0n) is 19.4. The number of Topliss-reactive ketones (excluding diaryl/α,β-unsaturated/α-hetero) is 1. The van der Waals surface area contributed by atoms with Gasteiger partial charge in [0, 0.05) is 34.8 Å². The van der Waals surface area contributed by atoms with Crippen LogP contribution in [0.2, 0.25) is 0 Å². The number of ketones is 1. The van der Waals surface area contributed by atoms with Gasteiger partial charge in [0.2, 0.25) is 5.78 Å². The van der Waals surface area contributed by atoms with Gasteiger partial charge in [0.1, 0.15) is 18.0 Å². The Labute approximate surface area is 194 Å². The van der Waals surface area contributed by atoms with Crippen molar-refractivity contribution in [3.8, 4) is 17.2 Å². The van der Waals surface area contributed by atoms with Gasteiger partial charge in [0.15, 0.2) is 5.76 Å². The van der Waals surface area contributed by atoms with Crippen LogP contribution in [-0.4, -0.2) is 30.5 Å². The van der Waals surface area contributed by atoms with E-state index in [0.29, 0.717) is 23.4 Å². The summed E-state index contributed by atoms with van der Waals surface area (Å²) in [7, 11) is 1.64. The molecule has 3 aromatic rings. The standard InChI is InChI=1S/C27H30N2O4/c1-4-29-15-18(21-14-19(32-3)5-7-23(21)29)13-25-26(31)20-6-8-24(30)22(27(20)33-25)16-28-11-9-17(2)10-12-28/h5-8,13-15,17,30H,4,9-12,16H2,1-3H3/b25-13-. The predicted molar refractivity (Wildman–Crippen MR) is 126 cm³/mol. The van der Waals surface area contributed by atoms with Gasteiger partial charge in [0.05, 0.1) is 25.8 Å². The first-order valence-corrected chi connectivity index (χ1v) is 11.8. The molecule has 33 heavy (non-hydrogen) atoms. The molecule has 1 saturated heterocycles. The molecule has 2 aliphatic heterocycles. The number of aromatic nitrogens is 1. The zero-order valence-corrected chi connectivity index (χ0v) is 19.4. The van der Waals surface area contributed by atoms with E-state index in [2.05, 4.69) is 18.4 Å². The van der Waals surface area contributed by atoms with Gasteiger partial charge in [-0.2, -0.15) is 0 Å². The van der Waals surface area contributed by atoms with E-state index in [1.807, 2.05) is 24.4 Å². The fraction of sp³-hybridized carbons (Fsp3) is 0.370. The van der Waals surface area contributed by atoms with E-state index < -0.39 is 0 Å². The van der Waals surface area contributed by atoms with Crippen LogP contribution in [0.5, 0.6) is 17.2 Å². The van der Waals surface area contributed by atoms with Gasteiger partial charge in [-0.05, 0) is 56.0 Å². The second-order valence-electron chi connectivity index (χ2n) is 9.22. The second-order valence-corrected chi connectivity index (χ2v) is 9.22. The lowest BCUT2D eigenvalue weighted by atomic mass is 9.98. The van der Waals surface area contributed by atoms with Crippen molar-refractivity contribution in [3.05, 3.63) is 59.0 Å². The Hall–Kier alpha value is -3.25. The summed E-state index contributed by atoms with van der Waals surface area (Å²) in [6.45, 7) is 7.85. The summed E-state index contributed by atoms with van der Waals surface area (Å²) in [5.41, 5.74) is 3.06. The molecule has 1 aromatic heterocycles. The first-order valence-electron chi connectivity index (χ1n) is 11.8. The first kappa shape index (κ1) is 21.6. The molecule has 0 spiro atoms. The van der Waals surface area contributed by atoms with E-state index in [1.165, 1.54) is 11.0 Å². The summed E-state index contributed by atoms with van der Waals surface area (Å²) in [6, 6.07) is 9.05. The number of nitrogens with zero attached hydrogens (tertiary/aromatic N) is 1. The Balaban J connectivity index is 1.50. The summed E-state index contributed by atoms with van der Waals surface area (Å²) in [6.07, 6.45) is 6.14. The molecule has 1 fully saturated rings. The molecule has 172 valence electrons. The topological polar surface area (TPSA) is 68.0 Å². The molecule has 2 aromatic carbocycles. The van der Waals surface area contributed by atoms with Crippen LogP contribution in [0.25, 0.3) is 17.0 Å². The number of benzene rings is 2. The number of quaternary nitrogens is 1. The van der Waals surface area contributed by atoms with Crippen LogP contribution < -0.4 is 19.5 Å². The maximum Gasteiger partial charge on any atom is 0.231 e. The smallest absolute Gasteiger partial charge is 0.231 e. The number of fused-ring (bicyclic) bond motifs is 2. The predicted octanol–water partition coefficient (Wildman–Crippen LogP) is 3.17. The Bertz CT molecular complexity index is 1250. The van der Waals surface area contributed by atoms with E-state index >= 15 is 0 Å². The van der Waals surface area contributed by atoms with Gasteiger partial charge in [-0.1, -0.05) is 18.7 Å². The van der Waals surface area contributed by atoms with Crippen LogP contribution in [0.3, 0.4) is 0 Å². The highest BCUT2D eigenvalue weighted by atomic mass is 16.5. The summed E-state index contributed by atoms with van der Waals surface area (Å²) >= 11 is 0. The van der Waals surface area contributed by atoms with Crippen LogP contribution >= 0.6 is 0 Å². The number of piperidine rings is 1. The van der Waals surface area contributed by atoms with Gasteiger partial charge >= 0.3 is 0 Å². The third kappa shape index (κ3) is 3.89. The lowest BCUT2D eigenvalue weighted by molar-refractivity contribution is -0.919. The number of carbonyl (C=O) groups excluding carboxylic acids is 1. The highest BCUT2D eigenvalue weighted by Gasteiger charge is 2.32. The van der Waals surface area contributed by atoms with Crippen molar-refractivity contribution >= 4 is 22.8 Å². The normalized spacial score (nSPS) is 21.4. The van der Waals surface area contributed by atoms with Crippen molar-refractivity contribution in [1.29, 1.82) is 0 Å². The average molecular weight is 447 g/mol. The van der Waals surface area contributed by atoms with Crippen LogP contribution in [0, 0.1) is 5.92 Å². The molecule has 6 nitrogen and oxygen atoms in total. The van der Waals surface area contributed by atoms with Gasteiger partial charge in [0.25, 0.3) is 0 Å². The summed E-state index contributed by atoms with van der Waals surface area (Å²) in [5, 5.41) is 13.7. The van der Waals surface area contributed by atoms with Gasteiger partial charge in [-0.15, -0.1) is 0 Å². The molecule has 0 unspecified atom stereocenters. The Morgan fingerprint density at radius 2 is 2.03 bits per heavy atom. The molecular weight excluding hydrogens is 416 g/mol. The van der Waals surface area contributed by atoms with Crippen LogP contribution in [0.15, 0.2) is 42.3 Å².